The molecule has 98 valence electrons. The maximum atomic E-state index is 12.2. The van der Waals surface area contributed by atoms with E-state index in [0.717, 1.165) is 25.9 Å². The zero-order chi connectivity index (χ0) is 13.1. The summed E-state index contributed by atoms with van der Waals surface area (Å²) in [6.45, 7) is 3.76. The molecule has 4 nitrogen and oxygen atoms in total. The van der Waals surface area contributed by atoms with Gasteiger partial charge < -0.3 is 10.6 Å². The Kier molecular flexibility index (Phi) is 4.14. The number of nitrogens with zero attached hydrogens (tertiary/aromatic N) is 1. The number of hydrogen-bond donors (Lipinski definition) is 1. The molecular weight excluding hydrogens is 248 g/mol. The number of ketones is 1. The molecule has 1 saturated heterocycles. The van der Waals surface area contributed by atoms with Crippen LogP contribution in [0.3, 0.4) is 0 Å². The van der Waals surface area contributed by atoms with Gasteiger partial charge in [0, 0.05) is 24.0 Å². The fourth-order valence-corrected chi connectivity index (χ4v) is 3.07. The molecular formula is C13H18N2O2S. The van der Waals surface area contributed by atoms with Gasteiger partial charge in [-0.15, -0.1) is 11.3 Å². The third-order valence-corrected chi connectivity index (χ3v) is 4.37. The first kappa shape index (κ1) is 13.2. The Balaban J connectivity index is 2.01. The maximum absolute atomic E-state index is 12.2. The van der Waals surface area contributed by atoms with Crippen LogP contribution in [0.2, 0.25) is 0 Å². The SMILES string of the molecule is CC(=O)c1csc(C(=O)N2CCC(CN)CC2)c1. The number of nitrogens with two attached hydrogens (primary N) is 1. The summed E-state index contributed by atoms with van der Waals surface area (Å²) in [7, 11) is 0. The Morgan fingerprint density at radius 1 is 1.44 bits per heavy atom. The predicted molar refractivity (Wildman–Crippen MR) is 72.0 cm³/mol. The molecule has 1 fully saturated rings. The Morgan fingerprint density at radius 3 is 2.61 bits per heavy atom. The van der Waals surface area contributed by atoms with Crippen LogP contribution in [-0.2, 0) is 0 Å². The van der Waals surface area contributed by atoms with Gasteiger partial charge in [0.2, 0.25) is 0 Å². The van der Waals surface area contributed by atoms with Crippen molar-refractivity contribution in [1.82, 2.24) is 4.90 Å². The molecule has 0 spiro atoms. The molecule has 2 N–H and O–H groups in total. The number of likely N-dealkylation sites (tertiary alicyclic amines) is 1. The molecule has 1 amide bonds. The van der Waals surface area contributed by atoms with Crippen LogP contribution in [0.5, 0.6) is 0 Å². The molecule has 0 radical (unpaired) electrons. The topological polar surface area (TPSA) is 63.4 Å². The molecule has 0 bridgehead atoms. The Labute approximate surface area is 111 Å². The fraction of sp³-hybridized carbons (Fsp3) is 0.538. The second kappa shape index (κ2) is 5.63. The Hall–Kier alpha value is -1.20. The number of carbonyl (C=O) groups excluding carboxylic acids is 2. The summed E-state index contributed by atoms with van der Waals surface area (Å²) in [5.41, 5.74) is 6.26. The maximum Gasteiger partial charge on any atom is 0.263 e. The quantitative estimate of drug-likeness (QED) is 0.848. The number of Topliss-reactive ketones (excluding diaryl/α,β-unsaturated/α-hetero) is 1. The number of carbonyl (C=O) groups is 2. The highest BCUT2D eigenvalue weighted by Gasteiger charge is 2.24. The van der Waals surface area contributed by atoms with Crippen molar-refractivity contribution in [2.45, 2.75) is 19.8 Å². The van der Waals surface area contributed by atoms with E-state index < -0.39 is 0 Å². The summed E-state index contributed by atoms with van der Waals surface area (Å²) in [6.07, 6.45) is 1.96. The molecule has 0 aromatic carbocycles. The van der Waals surface area contributed by atoms with E-state index in [1.54, 1.807) is 11.4 Å². The molecule has 1 aromatic heterocycles. The van der Waals surface area contributed by atoms with Crippen LogP contribution in [0.4, 0.5) is 0 Å². The summed E-state index contributed by atoms with van der Waals surface area (Å²) in [6, 6.07) is 1.70. The first-order valence-electron chi connectivity index (χ1n) is 6.20. The monoisotopic (exact) mass is 266 g/mol. The normalized spacial score (nSPS) is 16.9. The van der Waals surface area contributed by atoms with Crippen LogP contribution >= 0.6 is 11.3 Å². The summed E-state index contributed by atoms with van der Waals surface area (Å²) >= 11 is 1.35. The van der Waals surface area contributed by atoms with Crippen molar-refractivity contribution in [3.63, 3.8) is 0 Å². The molecule has 2 heterocycles. The van der Waals surface area contributed by atoms with E-state index in [9.17, 15) is 9.59 Å². The lowest BCUT2D eigenvalue weighted by molar-refractivity contribution is 0.0698. The van der Waals surface area contributed by atoms with Gasteiger partial charge in [-0.25, -0.2) is 0 Å². The molecule has 1 aliphatic heterocycles. The number of thiophene rings is 1. The number of amides is 1. The standard InChI is InChI=1S/C13H18N2O2S/c1-9(16)11-6-12(18-8-11)13(17)15-4-2-10(7-14)3-5-15/h6,8,10H,2-5,7,14H2,1H3. The average molecular weight is 266 g/mol. The molecule has 18 heavy (non-hydrogen) atoms. The van der Waals surface area contributed by atoms with Crippen LogP contribution in [-0.4, -0.2) is 36.2 Å². The number of rotatable bonds is 3. The summed E-state index contributed by atoms with van der Waals surface area (Å²) in [5, 5.41) is 1.75. The highest BCUT2D eigenvalue weighted by atomic mass is 32.1. The van der Waals surface area contributed by atoms with Crippen LogP contribution in [0.15, 0.2) is 11.4 Å². The first-order valence-corrected chi connectivity index (χ1v) is 7.08. The summed E-state index contributed by atoms with van der Waals surface area (Å²) in [4.78, 5) is 26.0. The third-order valence-electron chi connectivity index (χ3n) is 3.45. The smallest absolute Gasteiger partial charge is 0.263 e. The van der Waals surface area contributed by atoms with Crippen molar-refractivity contribution < 1.29 is 9.59 Å². The molecule has 1 aliphatic rings. The van der Waals surface area contributed by atoms with E-state index in [2.05, 4.69) is 0 Å². The van der Waals surface area contributed by atoms with Crippen LogP contribution in [0.25, 0.3) is 0 Å². The lowest BCUT2D eigenvalue weighted by atomic mass is 9.97. The highest BCUT2D eigenvalue weighted by molar-refractivity contribution is 7.12. The average Bonchev–Trinajstić information content (AvgIpc) is 2.88. The van der Waals surface area contributed by atoms with E-state index in [4.69, 9.17) is 5.73 Å². The van der Waals surface area contributed by atoms with Crippen LogP contribution in [0.1, 0.15) is 39.8 Å². The van der Waals surface area contributed by atoms with Gasteiger partial charge in [-0.2, -0.15) is 0 Å². The second-order valence-corrected chi connectivity index (χ2v) is 5.64. The summed E-state index contributed by atoms with van der Waals surface area (Å²) < 4.78 is 0. The van der Waals surface area contributed by atoms with Gasteiger partial charge in [0.05, 0.1) is 4.88 Å². The molecule has 0 saturated carbocycles. The van der Waals surface area contributed by atoms with Gasteiger partial charge >= 0.3 is 0 Å². The minimum absolute atomic E-state index is 0.00661. The lowest BCUT2D eigenvalue weighted by Crippen LogP contribution is -2.39. The van der Waals surface area contributed by atoms with Crippen LogP contribution in [0, 0.1) is 5.92 Å². The number of piperidine rings is 1. The zero-order valence-corrected chi connectivity index (χ0v) is 11.3. The lowest BCUT2D eigenvalue weighted by Gasteiger charge is -2.31. The van der Waals surface area contributed by atoms with Gasteiger partial charge in [0.25, 0.3) is 5.91 Å². The van der Waals surface area contributed by atoms with Crippen molar-refractivity contribution in [2.75, 3.05) is 19.6 Å². The third kappa shape index (κ3) is 2.79. The fourth-order valence-electron chi connectivity index (χ4n) is 2.16. The van der Waals surface area contributed by atoms with E-state index >= 15 is 0 Å². The van der Waals surface area contributed by atoms with E-state index in [-0.39, 0.29) is 11.7 Å². The van der Waals surface area contributed by atoms with Gasteiger partial charge in [-0.05, 0) is 38.3 Å². The molecule has 0 unspecified atom stereocenters. The van der Waals surface area contributed by atoms with Crippen molar-refractivity contribution in [3.05, 3.63) is 21.9 Å². The minimum atomic E-state index is 0.00661. The van der Waals surface area contributed by atoms with Gasteiger partial charge in [0.15, 0.2) is 5.78 Å². The Morgan fingerprint density at radius 2 is 2.11 bits per heavy atom. The van der Waals surface area contributed by atoms with Crippen LogP contribution < -0.4 is 5.73 Å². The second-order valence-electron chi connectivity index (χ2n) is 4.73. The predicted octanol–water partition coefficient (Wildman–Crippen LogP) is 1.76. The van der Waals surface area contributed by atoms with E-state index in [1.165, 1.54) is 18.3 Å². The van der Waals surface area contributed by atoms with Crippen molar-refractivity contribution in [1.29, 1.82) is 0 Å². The van der Waals surface area contributed by atoms with E-state index in [0.29, 0.717) is 22.9 Å². The molecule has 1 aromatic rings. The molecule has 0 aliphatic carbocycles. The van der Waals surface area contributed by atoms with Crippen molar-refractivity contribution in [2.24, 2.45) is 11.7 Å². The van der Waals surface area contributed by atoms with Gasteiger partial charge in [-0.1, -0.05) is 0 Å². The highest BCUT2D eigenvalue weighted by Crippen LogP contribution is 2.21. The first-order chi connectivity index (χ1) is 8.61. The molecule has 0 atom stereocenters. The van der Waals surface area contributed by atoms with Gasteiger partial charge in [-0.3, -0.25) is 9.59 Å². The van der Waals surface area contributed by atoms with Gasteiger partial charge in [0.1, 0.15) is 0 Å². The molecule has 2 rings (SSSR count). The molecule has 5 heteroatoms. The Bertz CT molecular complexity index is 448. The summed E-state index contributed by atoms with van der Waals surface area (Å²) in [5.74, 6) is 0.597. The van der Waals surface area contributed by atoms with E-state index in [1.807, 2.05) is 4.90 Å². The number of hydrogen-bond acceptors (Lipinski definition) is 4. The largest absolute Gasteiger partial charge is 0.338 e. The van der Waals surface area contributed by atoms with Crippen molar-refractivity contribution >= 4 is 23.0 Å². The minimum Gasteiger partial charge on any atom is -0.338 e. The van der Waals surface area contributed by atoms with Crippen molar-refractivity contribution in [3.8, 4) is 0 Å². The zero-order valence-electron chi connectivity index (χ0n) is 10.5.